The summed E-state index contributed by atoms with van der Waals surface area (Å²) in [6.45, 7) is 5.60. The van der Waals surface area contributed by atoms with E-state index in [9.17, 15) is 14.3 Å². The molecule has 0 aromatic heterocycles. The number of hydrogen-bond acceptors (Lipinski definition) is 2. The van der Waals surface area contributed by atoms with Crippen LogP contribution in [-0.2, 0) is 4.57 Å². The van der Waals surface area contributed by atoms with Crippen molar-refractivity contribution in [1.82, 2.24) is 0 Å². The summed E-state index contributed by atoms with van der Waals surface area (Å²) in [5.74, 6) is 0. The third-order valence-electron chi connectivity index (χ3n) is 3.65. The van der Waals surface area contributed by atoms with Gasteiger partial charge in [-0.05, 0) is 43.5 Å². The van der Waals surface area contributed by atoms with E-state index in [1.54, 1.807) is 49.4 Å². The molecule has 0 saturated heterocycles. The molecule has 3 nitrogen and oxygen atoms in total. The molecule has 0 bridgehead atoms. The van der Waals surface area contributed by atoms with Crippen molar-refractivity contribution in [2.24, 2.45) is 0 Å². The molecular formula is C16H18ClO3P. The summed E-state index contributed by atoms with van der Waals surface area (Å²) in [5.41, 5.74) is 2.23. The van der Waals surface area contributed by atoms with E-state index in [4.69, 9.17) is 0 Å². The molecule has 1 unspecified atom stereocenters. The first-order valence-electron chi connectivity index (χ1n) is 6.36. The zero-order chi connectivity index (χ0) is 14.9. The Balaban J connectivity index is 0.00000220. The number of hydrogen-bond donors (Lipinski definition) is 1. The highest BCUT2D eigenvalue weighted by atomic mass is 35.5. The van der Waals surface area contributed by atoms with Crippen LogP contribution in [0.1, 0.15) is 27.0 Å². The molecule has 0 fully saturated rings. The van der Waals surface area contributed by atoms with E-state index < -0.39 is 12.9 Å². The molecule has 2 rings (SSSR count). The van der Waals surface area contributed by atoms with Gasteiger partial charge in [0.15, 0.2) is 0 Å². The maximum atomic E-state index is 12.6. The molecule has 0 saturated carbocycles. The molecule has 0 amide bonds. The van der Waals surface area contributed by atoms with Crippen molar-refractivity contribution in [3.8, 4) is 0 Å². The highest BCUT2D eigenvalue weighted by molar-refractivity contribution is 7.82. The first-order chi connectivity index (χ1) is 9.35. The molecule has 0 aliphatic heterocycles. The quantitative estimate of drug-likeness (QED) is 0.874. The average Bonchev–Trinajstić information content (AvgIpc) is 2.44. The molecule has 1 atom stereocenters. The molecule has 0 aliphatic carbocycles. The maximum absolute atomic E-state index is 12.6. The summed E-state index contributed by atoms with van der Waals surface area (Å²) < 4.78 is 12.6. The summed E-state index contributed by atoms with van der Waals surface area (Å²) in [7, 11) is -4.08. The van der Waals surface area contributed by atoms with E-state index >= 15 is 0 Å². The summed E-state index contributed by atoms with van der Waals surface area (Å²) >= 11 is 0. The zero-order valence-electron chi connectivity index (χ0n) is 12.2. The summed E-state index contributed by atoms with van der Waals surface area (Å²) in [6, 6.07) is 11.6. The molecule has 112 valence electrons. The van der Waals surface area contributed by atoms with E-state index in [-0.39, 0.29) is 23.3 Å². The second-order valence-corrected chi connectivity index (χ2v) is 6.94. The molecule has 0 heterocycles. The molecule has 2 aromatic carbocycles. The predicted molar refractivity (Wildman–Crippen MR) is 88.1 cm³/mol. The Hall–Kier alpha value is -1.41. The smallest absolute Gasteiger partial charge is 0.298 e. The lowest BCUT2D eigenvalue weighted by molar-refractivity contribution is 0.106. The number of carbonyl (C=O) groups is 1. The van der Waals surface area contributed by atoms with Crippen LogP contribution < -0.4 is 5.30 Å². The van der Waals surface area contributed by atoms with Gasteiger partial charge in [0.2, 0.25) is 0 Å². The number of halogens is 1. The number of benzene rings is 2. The van der Waals surface area contributed by atoms with Crippen LogP contribution in [0.15, 0.2) is 42.5 Å². The van der Waals surface area contributed by atoms with Crippen LogP contribution in [0, 0.1) is 20.8 Å². The van der Waals surface area contributed by atoms with Gasteiger partial charge in [-0.3, -0.25) is 9.36 Å². The fourth-order valence-corrected chi connectivity index (χ4v) is 3.75. The van der Waals surface area contributed by atoms with E-state index in [2.05, 4.69) is 0 Å². The van der Waals surface area contributed by atoms with Crippen LogP contribution in [-0.4, -0.2) is 10.4 Å². The minimum atomic E-state index is -4.08. The van der Waals surface area contributed by atoms with Crippen molar-refractivity contribution < 1.29 is 14.3 Å². The normalized spacial score (nSPS) is 13.1. The number of carbonyl (C=O) groups excluding carboxylic acids is 1. The standard InChI is InChI=1S/C16H17O3P.ClH/c1-11-9-10-15(13(3)12(11)2)20(18,19)16(17)14-7-5-4-6-8-14;/h4-10H,1-3H3,(H,18,19);1H. The Morgan fingerprint density at radius 2 is 1.52 bits per heavy atom. The number of aryl methyl sites for hydroxylation is 1. The molecule has 0 spiro atoms. The van der Waals surface area contributed by atoms with Crippen LogP contribution in [0.25, 0.3) is 0 Å². The van der Waals surface area contributed by atoms with Gasteiger partial charge in [0.25, 0.3) is 12.9 Å². The van der Waals surface area contributed by atoms with Crippen LogP contribution >= 0.6 is 19.8 Å². The third-order valence-corrected chi connectivity index (χ3v) is 5.60. The van der Waals surface area contributed by atoms with Gasteiger partial charge in [0, 0.05) is 10.9 Å². The van der Waals surface area contributed by atoms with Crippen LogP contribution in [0.2, 0.25) is 0 Å². The summed E-state index contributed by atoms with van der Waals surface area (Å²) in [5, 5.41) is 0.231. The number of rotatable bonds is 3. The average molecular weight is 325 g/mol. The molecule has 21 heavy (non-hydrogen) atoms. The minimum Gasteiger partial charge on any atom is -0.336 e. The maximum Gasteiger partial charge on any atom is 0.298 e. The largest absolute Gasteiger partial charge is 0.336 e. The van der Waals surface area contributed by atoms with Crippen molar-refractivity contribution >= 4 is 30.6 Å². The van der Waals surface area contributed by atoms with Gasteiger partial charge in [-0.25, -0.2) is 0 Å². The van der Waals surface area contributed by atoms with Crippen LogP contribution in [0.3, 0.4) is 0 Å². The second kappa shape index (κ2) is 6.57. The van der Waals surface area contributed by atoms with Crippen molar-refractivity contribution in [1.29, 1.82) is 0 Å². The predicted octanol–water partition coefficient (Wildman–Crippen LogP) is 3.77. The Morgan fingerprint density at radius 3 is 2.10 bits per heavy atom. The molecule has 2 aromatic rings. The molecular weight excluding hydrogens is 307 g/mol. The zero-order valence-corrected chi connectivity index (χ0v) is 13.9. The lowest BCUT2D eigenvalue weighted by Crippen LogP contribution is -2.17. The molecule has 0 aliphatic rings. The SMILES string of the molecule is Cc1ccc(P(=O)(O)C(=O)c2ccccc2)c(C)c1C.Cl. The van der Waals surface area contributed by atoms with Gasteiger partial charge in [0.1, 0.15) is 0 Å². The van der Waals surface area contributed by atoms with E-state index in [1.807, 2.05) is 13.8 Å². The monoisotopic (exact) mass is 324 g/mol. The lowest BCUT2D eigenvalue weighted by atomic mass is 10.1. The van der Waals surface area contributed by atoms with Crippen molar-refractivity contribution in [2.75, 3.05) is 0 Å². The van der Waals surface area contributed by atoms with Crippen LogP contribution in [0.5, 0.6) is 0 Å². The first-order valence-corrected chi connectivity index (χ1v) is 8.01. The van der Waals surface area contributed by atoms with Gasteiger partial charge in [-0.1, -0.05) is 36.4 Å². The van der Waals surface area contributed by atoms with E-state index in [0.29, 0.717) is 5.56 Å². The Bertz CT molecular complexity index is 711. The van der Waals surface area contributed by atoms with Crippen molar-refractivity contribution in [3.05, 3.63) is 64.7 Å². The van der Waals surface area contributed by atoms with Gasteiger partial charge >= 0.3 is 0 Å². The lowest BCUT2D eigenvalue weighted by Gasteiger charge is -2.16. The Kier molecular flexibility index (Phi) is 5.52. The Morgan fingerprint density at radius 1 is 0.952 bits per heavy atom. The minimum absolute atomic E-state index is 0. The summed E-state index contributed by atoms with van der Waals surface area (Å²) in [6.07, 6.45) is 0. The molecule has 1 N–H and O–H groups in total. The highest BCUT2D eigenvalue weighted by Crippen LogP contribution is 2.44. The van der Waals surface area contributed by atoms with Gasteiger partial charge in [0.05, 0.1) is 0 Å². The fraction of sp³-hybridized carbons (Fsp3) is 0.188. The van der Waals surface area contributed by atoms with Crippen LogP contribution in [0.4, 0.5) is 0 Å². The van der Waals surface area contributed by atoms with E-state index in [1.165, 1.54) is 0 Å². The van der Waals surface area contributed by atoms with Crippen molar-refractivity contribution in [3.63, 3.8) is 0 Å². The van der Waals surface area contributed by atoms with E-state index in [0.717, 1.165) is 11.1 Å². The first kappa shape index (κ1) is 17.6. The highest BCUT2D eigenvalue weighted by Gasteiger charge is 2.34. The molecule has 0 radical (unpaired) electrons. The summed E-state index contributed by atoms with van der Waals surface area (Å²) in [4.78, 5) is 22.6. The fourth-order valence-electron chi connectivity index (χ4n) is 2.14. The Labute approximate surface area is 130 Å². The third kappa shape index (κ3) is 3.26. The van der Waals surface area contributed by atoms with Gasteiger partial charge in [-0.15, -0.1) is 12.4 Å². The van der Waals surface area contributed by atoms with Gasteiger partial charge in [-0.2, -0.15) is 0 Å². The topological polar surface area (TPSA) is 54.4 Å². The van der Waals surface area contributed by atoms with Gasteiger partial charge < -0.3 is 4.89 Å². The molecule has 5 heteroatoms. The van der Waals surface area contributed by atoms with Crippen molar-refractivity contribution in [2.45, 2.75) is 20.8 Å². The second-order valence-electron chi connectivity index (χ2n) is 4.90.